The molecule has 144 valence electrons. The summed E-state index contributed by atoms with van der Waals surface area (Å²) in [4.78, 5) is 11.8. The van der Waals surface area contributed by atoms with Crippen LogP contribution in [0.25, 0.3) is 0 Å². The highest BCUT2D eigenvalue weighted by molar-refractivity contribution is 14.1. The molecule has 5 nitrogen and oxygen atoms in total. The molecule has 0 aliphatic heterocycles. The molecule has 4 aliphatic carbocycles. The average molecular weight is 474 g/mol. The molecule has 3 saturated carbocycles. The Morgan fingerprint density at radius 3 is 2.73 bits per heavy atom. The Bertz CT molecular complexity index is 717. The maximum absolute atomic E-state index is 11.8. The van der Waals surface area contributed by atoms with Gasteiger partial charge in [-0.3, -0.25) is 7.86 Å². The van der Waals surface area contributed by atoms with Gasteiger partial charge in [0.25, 0.3) is 0 Å². The molecule has 0 heterocycles. The topological polar surface area (TPSA) is 94.8 Å². The normalized spacial score (nSPS) is 51.3. The number of rotatable bonds is 2. The second-order valence-electron chi connectivity index (χ2n) is 9.10. The predicted molar refractivity (Wildman–Crippen MR) is 104 cm³/mol. The zero-order valence-corrected chi connectivity index (χ0v) is 17.3. The zero-order valence-electron chi connectivity index (χ0n) is 15.2. The van der Waals surface area contributed by atoms with Crippen LogP contribution in [0.5, 0.6) is 0 Å². The van der Waals surface area contributed by atoms with Crippen LogP contribution in [0.4, 0.5) is 0 Å². The van der Waals surface area contributed by atoms with E-state index < -0.39 is 42.4 Å². The fourth-order valence-electron chi connectivity index (χ4n) is 6.83. The summed E-state index contributed by atoms with van der Waals surface area (Å²) in [6, 6.07) is 0. The number of allylic oxidation sites excluding steroid dienone is 4. The minimum atomic E-state index is -1.73. The maximum Gasteiger partial charge on any atom is 0.179 e. The van der Waals surface area contributed by atoms with E-state index in [9.17, 15) is 23.2 Å². The molecule has 0 aromatic rings. The molecule has 3 N–H and O–H groups in total. The van der Waals surface area contributed by atoms with Crippen LogP contribution in [-0.2, 0) is 7.86 Å². The maximum atomic E-state index is 11.8. The van der Waals surface area contributed by atoms with Crippen LogP contribution < -0.4 is 0 Å². The summed E-state index contributed by atoms with van der Waals surface area (Å²) < 4.78 is 10.3. The van der Waals surface area contributed by atoms with E-state index in [1.54, 1.807) is 12.2 Å². The minimum absolute atomic E-state index is 0.00590. The predicted octanol–water partition coefficient (Wildman–Crippen LogP) is 2.63. The molecule has 4 aliphatic rings. The van der Waals surface area contributed by atoms with Gasteiger partial charge in [0.2, 0.25) is 0 Å². The fourth-order valence-corrected chi connectivity index (χ4v) is 8.27. The number of aliphatic hydroxyl groups is 3. The number of aliphatic hydroxyl groups excluding tert-OH is 2. The average Bonchev–Trinajstić information content (AvgIpc) is 2.86. The molecule has 26 heavy (non-hydrogen) atoms. The molecule has 0 bridgehead atoms. The lowest BCUT2D eigenvalue weighted by atomic mass is 9.46. The van der Waals surface area contributed by atoms with Crippen LogP contribution in [0.1, 0.15) is 46.0 Å². The molecule has 8 atom stereocenters. The SMILES string of the molecule is CC12C=CC(=O)C=C1CCC1C2C(O)CC2(C)C1CCC2(O)C(O)I=O. The summed E-state index contributed by atoms with van der Waals surface area (Å²) in [5, 5.41) is 32.7. The minimum Gasteiger partial charge on any atom is -0.393 e. The molecule has 0 aromatic heterocycles. The summed E-state index contributed by atoms with van der Waals surface area (Å²) in [6.07, 6.45) is 7.98. The van der Waals surface area contributed by atoms with Crippen molar-refractivity contribution >= 4 is 27.0 Å². The first-order valence-electron chi connectivity index (χ1n) is 9.46. The first-order chi connectivity index (χ1) is 12.2. The Labute approximate surface area is 164 Å². The third kappa shape index (κ3) is 2.28. The molecule has 0 amide bonds. The van der Waals surface area contributed by atoms with E-state index in [1.807, 2.05) is 13.0 Å². The van der Waals surface area contributed by atoms with Crippen molar-refractivity contribution in [2.24, 2.45) is 28.6 Å². The second-order valence-corrected chi connectivity index (χ2v) is 10.8. The van der Waals surface area contributed by atoms with Gasteiger partial charge in [0.15, 0.2) is 31.1 Å². The van der Waals surface area contributed by atoms with E-state index >= 15 is 0 Å². The van der Waals surface area contributed by atoms with Gasteiger partial charge >= 0.3 is 0 Å². The van der Waals surface area contributed by atoms with Crippen LogP contribution in [0.15, 0.2) is 23.8 Å². The van der Waals surface area contributed by atoms with E-state index in [-0.39, 0.29) is 29.0 Å². The van der Waals surface area contributed by atoms with Crippen LogP contribution in [0.3, 0.4) is 0 Å². The number of ketones is 1. The van der Waals surface area contributed by atoms with Crippen molar-refractivity contribution in [3.05, 3.63) is 23.8 Å². The van der Waals surface area contributed by atoms with Crippen molar-refractivity contribution in [3.63, 3.8) is 0 Å². The number of alkyl halides is 1. The highest BCUT2D eigenvalue weighted by Crippen LogP contribution is 2.67. The zero-order chi connectivity index (χ0) is 18.9. The standard InChI is InChI=1S/C20H27IO5/c1-18-7-5-12(22)9-11(18)3-4-13-14-6-8-20(25,17(24)21-26)19(14,2)10-15(23)16(13)18/h5,7,9,13-17,23-25H,3-4,6,8,10H2,1-2H3. The molecular weight excluding hydrogens is 447 g/mol. The van der Waals surface area contributed by atoms with Crippen molar-refractivity contribution in [1.82, 2.24) is 0 Å². The molecule has 0 aromatic carbocycles. The summed E-state index contributed by atoms with van der Waals surface area (Å²) in [7, 11) is 0. The Balaban J connectivity index is 1.75. The summed E-state index contributed by atoms with van der Waals surface area (Å²) in [5.41, 5.74) is -1.24. The summed E-state index contributed by atoms with van der Waals surface area (Å²) in [5.74, 6) is 0.417. The van der Waals surface area contributed by atoms with Crippen molar-refractivity contribution < 1.29 is 23.2 Å². The summed E-state index contributed by atoms with van der Waals surface area (Å²) in [6.45, 7) is 4.07. The van der Waals surface area contributed by atoms with Crippen molar-refractivity contribution in [2.45, 2.75) is 61.8 Å². The van der Waals surface area contributed by atoms with Crippen LogP contribution in [-0.4, -0.2) is 36.9 Å². The number of fused-ring (bicyclic) bond motifs is 5. The molecular formula is C20H27IO5. The van der Waals surface area contributed by atoms with E-state index in [0.717, 1.165) is 24.8 Å². The smallest absolute Gasteiger partial charge is 0.179 e. The summed E-state index contributed by atoms with van der Waals surface area (Å²) >= 11 is -1.73. The van der Waals surface area contributed by atoms with Gasteiger partial charge in [0.1, 0.15) is 5.60 Å². The fraction of sp³-hybridized carbons (Fsp3) is 0.750. The van der Waals surface area contributed by atoms with Gasteiger partial charge < -0.3 is 15.3 Å². The van der Waals surface area contributed by atoms with Crippen LogP contribution in [0, 0.1) is 28.6 Å². The number of halogens is 1. The Morgan fingerprint density at radius 2 is 2.04 bits per heavy atom. The van der Waals surface area contributed by atoms with E-state index in [2.05, 4.69) is 6.92 Å². The number of hydrogen-bond donors (Lipinski definition) is 3. The van der Waals surface area contributed by atoms with Gasteiger partial charge in [-0.25, -0.2) is 0 Å². The molecule has 4 rings (SSSR count). The number of carbonyl (C=O) groups excluding carboxylic acids is 1. The van der Waals surface area contributed by atoms with Crippen molar-refractivity contribution in [3.8, 4) is 0 Å². The molecule has 6 heteroatoms. The largest absolute Gasteiger partial charge is 0.393 e. The van der Waals surface area contributed by atoms with Crippen LogP contribution >= 0.6 is 21.2 Å². The molecule has 8 unspecified atom stereocenters. The highest BCUT2D eigenvalue weighted by Gasteiger charge is 2.68. The van der Waals surface area contributed by atoms with Gasteiger partial charge in [-0.05, 0) is 56.1 Å². The molecule has 0 spiro atoms. The van der Waals surface area contributed by atoms with Gasteiger partial charge in [0, 0.05) is 16.7 Å². The third-order valence-electron chi connectivity index (χ3n) is 8.19. The Hall–Kier alpha value is -0.440. The van der Waals surface area contributed by atoms with Crippen molar-refractivity contribution in [1.29, 1.82) is 0 Å². The van der Waals surface area contributed by atoms with Crippen molar-refractivity contribution in [2.75, 3.05) is 0 Å². The number of hydrogen-bond acceptors (Lipinski definition) is 5. The third-order valence-corrected chi connectivity index (χ3v) is 9.70. The van der Waals surface area contributed by atoms with Gasteiger partial charge in [0.05, 0.1) is 6.10 Å². The molecule has 3 fully saturated rings. The Morgan fingerprint density at radius 1 is 1.31 bits per heavy atom. The van der Waals surface area contributed by atoms with Crippen LogP contribution in [0.2, 0.25) is 0 Å². The first kappa shape index (κ1) is 18.9. The number of carbonyl (C=O) groups is 1. The monoisotopic (exact) mass is 474 g/mol. The molecule has 0 radical (unpaired) electrons. The first-order valence-corrected chi connectivity index (χ1v) is 11.6. The quantitative estimate of drug-likeness (QED) is 0.423. The van der Waals surface area contributed by atoms with Gasteiger partial charge in [-0.2, -0.15) is 0 Å². The lowest BCUT2D eigenvalue weighted by molar-refractivity contribution is -0.179. The second kappa shape index (κ2) is 6.03. The highest BCUT2D eigenvalue weighted by atomic mass is 127. The Kier molecular flexibility index (Phi) is 4.38. The van der Waals surface area contributed by atoms with E-state index in [4.69, 9.17) is 0 Å². The lowest BCUT2D eigenvalue weighted by Crippen LogP contribution is -2.61. The van der Waals surface area contributed by atoms with E-state index in [1.165, 1.54) is 0 Å². The van der Waals surface area contributed by atoms with Gasteiger partial charge in [-0.15, -0.1) is 0 Å². The van der Waals surface area contributed by atoms with E-state index in [0.29, 0.717) is 12.8 Å². The van der Waals surface area contributed by atoms with Gasteiger partial charge in [-0.1, -0.05) is 25.5 Å². The molecule has 0 saturated heterocycles. The lowest BCUT2D eigenvalue weighted by Gasteiger charge is -2.60.